The van der Waals surface area contributed by atoms with E-state index in [0.717, 1.165) is 32.1 Å². The van der Waals surface area contributed by atoms with Crippen molar-refractivity contribution < 1.29 is 44.3 Å². The molecule has 11 nitrogen and oxygen atoms in total. The van der Waals surface area contributed by atoms with E-state index in [1.54, 1.807) is 19.1 Å². The minimum atomic E-state index is -2.94. The van der Waals surface area contributed by atoms with Crippen molar-refractivity contribution in [1.29, 1.82) is 0 Å². The van der Waals surface area contributed by atoms with Gasteiger partial charge in [-0.3, -0.25) is 24.1 Å². The number of aliphatic hydroxyl groups excluding tert-OH is 2. The Balaban J connectivity index is 1.80. The van der Waals surface area contributed by atoms with Gasteiger partial charge in [-0.15, -0.1) is 0 Å². The predicted molar refractivity (Wildman–Crippen MR) is 149 cm³/mol. The van der Waals surface area contributed by atoms with Gasteiger partial charge in [0, 0.05) is 17.9 Å². The van der Waals surface area contributed by atoms with Crippen LogP contribution in [0.25, 0.3) is 0 Å². The Morgan fingerprint density at radius 3 is 2.36 bits per heavy atom. The zero-order valence-electron chi connectivity index (χ0n) is 24.0. The monoisotopic (exact) mass is 582 g/mol. The highest BCUT2D eigenvalue weighted by atomic mass is 16.5. The zero-order chi connectivity index (χ0) is 30.7. The summed E-state index contributed by atoms with van der Waals surface area (Å²) < 4.78 is 5.97. The number of ether oxygens (including phenoxy) is 1. The largest absolute Gasteiger partial charge is 0.510 e. The molecule has 6 atom stereocenters. The molecule has 1 amide bonds. The van der Waals surface area contributed by atoms with E-state index < -0.39 is 76.0 Å². The fourth-order valence-corrected chi connectivity index (χ4v) is 7.80. The number of hydrogen-bond donors (Lipinski definition) is 5. The molecule has 42 heavy (non-hydrogen) atoms. The lowest BCUT2D eigenvalue weighted by molar-refractivity contribution is -0.181. The highest BCUT2D eigenvalue weighted by Gasteiger charge is 2.68. The maximum absolute atomic E-state index is 14.1. The van der Waals surface area contributed by atoms with Crippen LogP contribution in [0.5, 0.6) is 5.75 Å². The number of esters is 1. The number of likely N-dealkylation sites (N-methyl/N-ethyl adjacent to an activating group) is 1. The molecule has 4 aliphatic rings. The van der Waals surface area contributed by atoms with Gasteiger partial charge in [-0.2, -0.15) is 0 Å². The van der Waals surface area contributed by atoms with Crippen molar-refractivity contribution in [2.45, 2.75) is 75.5 Å². The number of nitrogens with two attached hydrogens (primary N) is 1. The van der Waals surface area contributed by atoms with E-state index in [0.29, 0.717) is 17.9 Å². The standard InChI is InChI=1S/C31H38N2O9/c1-4-18(35)42-27-20-16(13-12-14-8-5-6-9-14)15-10-7-11-17(34)19(15)25(36)21(20)28(38)31(41)23(27)24(33(2)3)26(37)22(29(31)39)30(32)40/h7,10-11,14,16,20,23-24,27,34,37-38,41H,4-6,8-9,12-13H2,1-3H3,(H2,32,40)/t16-,20-,23-,24+,27+,31-/m1/s1. The molecule has 11 heteroatoms. The number of aromatic hydroxyl groups is 1. The van der Waals surface area contributed by atoms with Crippen LogP contribution in [0.2, 0.25) is 0 Å². The van der Waals surface area contributed by atoms with Gasteiger partial charge in [-0.1, -0.05) is 44.7 Å². The zero-order valence-corrected chi connectivity index (χ0v) is 24.0. The number of phenolic OH excluding ortho intramolecular Hbond substituents is 1. The molecule has 0 aliphatic heterocycles. The van der Waals surface area contributed by atoms with Crippen LogP contribution in [0.3, 0.4) is 0 Å². The summed E-state index contributed by atoms with van der Waals surface area (Å²) in [7, 11) is 3.06. The molecule has 226 valence electrons. The fraction of sp³-hybridized carbons (Fsp3) is 0.548. The molecule has 0 aromatic heterocycles. The van der Waals surface area contributed by atoms with Crippen LogP contribution in [0.1, 0.15) is 73.7 Å². The van der Waals surface area contributed by atoms with Crippen LogP contribution in [0.4, 0.5) is 0 Å². The molecular weight excluding hydrogens is 544 g/mol. The number of fused-ring (bicyclic) bond motifs is 3. The summed E-state index contributed by atoms with van der Waals surface area (Å²) in [5.74, 6) is -8.89. The molecule has 5 rings (SSSR count). The summed E-state index contributed by atoms with van der Waals surface area (Å²) in [6, 6.07) is 3.38. The molecule has 0 bridgehead atoms. The number of Topliss-reactive ketones (excluding diaryl/α,β-unsaturated/α-hetero) is 2. The average molecular weight is 583 g/mol. The Hall–Kier alpha value is -3.70. The van der Waals surface area contributed by atoms with Crippen molar-refractivity contribution in [3.8, 4) is 5.75 Å². The van der Waals surface area contributed by atoms with Crippen molar-refractivity contribution in [2.75, 3.05) is 14.1 Å². The summed E-state index contributed by atoms with van der Waals surface area (Å²) in [4.78, 5) is 54.6. The molecule has 4 aliphatic carbocycles. The minimum Gasteiger partial charge on any atom is -0.510 e. The molecule has 1 saturated carbocycles. The van der Waals surface area contributed by atoms with Crippen LogP contribution < -0.4 is 5.73 Å². The number of ketones is 2. The molecule has 0 heterocycles. The second-order valence-electron chi connectivity index (χ2n) is 12.2. The maximum Gasteiger partial charge on any atom is 0.305 e. The smallest absolute Gasteiger partial charge is 0.305 e. The third-order valence-electron chi connectivity index (χ3n) is 9.69. The second-order valence-corrected chi connectivity index (χ2v) is 12.2. The number of nitrogens with zero attached hydrogens (tertiary/aromatic N) is 1. The quantitative estimate of drug-likeness (QED) is 0.236. The number of carbonyl (C=O) groups is 4. The summed E-state index contributed by atoms with van der Waals surface area (Å²) in [6.07, 6.45) is 4.19. The third-order valence-corrected chi connectivity index (χ3v) is 9.69. The Morgan fingerprint density at radius 2 is 1.76 bits per heavy atom. The van der Waals surface area contributed by atoms with E-state index in [1.807, 2.05) is 0 Å². The van der Waals surface area contributed by atoms with Crippen LogP contribution in [-0.2, 0) is 19.1 Å². The second kappa shape index (κ2) is 10.9. The van der Waals surface area contributed by atoms with Crippen molar-refractivity contribution in [1.82, 2.24) is 4.90 Å². The Labute approximate surface area is 243 Å². The topological polar surface area (TPSA) is 188 Å². The van der Waals surface area contributed by atoms with Gasteiger partial charge >= 0.3 is 5.97 Å². The summed E-state index contributed by atoms with van der Waals surface area (Å²) in [5, 5.41) is 46.0. The first-order chi connectivity index (χ1) is 19.9. The number of primary amides is 1. The maximum atomic E-state index is 14.1. The normalized spacial score (nSPS) is 31.2. The summed E-state index contributed by atoms with van der Waals surface area (Å²) in [5.41, 5.74) is 1.69. The lowest BCUT2D eigenvalue weighted by Gasteiger charge is -2.54. The SMILES string of the molecule is CCC(=O)O[C@H]1[C@H]2C(=C(O)[C@@]3(O)C(=O)C(C(N)=O)=C(O)[C@@H](N(C)C)[C@H]13)C(=O)c1c(O)cccc1[C@H]2CCC1CCCC1. The highest BCUT2D eigenvalue weighted by Crippen LogP contribution is 2.57. The average Bonchev–Trinajstić information content (AvgIpc) is 3.45. The molecule has 0 unspecified atom stereocenters. The van der Waals surface area contributed by atoms with E-state index >= 15 is 0 Å². The molecule has 0 saturated heterocycles. The molecule has 1 aromatic rings. The minimum absolute atomic E-state index is 0.0599. The van der Waals surface area contributed by atoms with E-state index in [2.05, 4.69) is 0 Å². The Morgan fingerprint density at radius 1 is 1.10 bits per heavy atom. The lowest BCUT2D eigenvalue weighted by Crippen LogP contribution is -2.69. The van der Waals surface area contributed by atoms with Crippen LogP contribution >= 0.6 is 0 Å². The highest BCUT2D eigenvalue weighted by molar-refractivity contribution is 6.25. The van der Waals surface area contributed by atoms with Crippen molar-refractivity contribution >= 4 is 23.4 Å². The fourth-order valence-electron chi connectivity index (χ4n) is 7.80. The summed E-state index contributed by atoms with van der Waals surface area (Å²) in [6.45, 7) is 1.57. The molecule has 1 fully saturated rings. The van der Waals surface area contributed by atoms with Gasteiger partial charge in [0.2, 0.25) is 5.78 Å². The number of aliphatic hydroxyl groups is 3. The van der Waals surface area contributed by atoms with Gasteiger partial charge in [0.25, 0.3) is 5.91 Å². The molecule has 0 radical (unpaired) electrons. The summed E-state index contributed by atoms with van der Waals surface area (Å²) >= 11 is 0. The molecule has 1 aromatic carbocycles. The number of benzene rings is 1. The number of amides is 1. The van der Waals surface area contributed by atoms with Crippen LogP contribution in [-0.4, -0.2) is 80.6 Å². The first kappa shape index (κ1) is 29.8. The molecule has 0 spiro atoms. The first-order valence-corrected chi connectivity index (χ1v) is 14.5. The lowest BCUT2D eigenvalue weighted by atomic mass is 9.54. The van der Waals surface area contributed by atoms with Crippen molar-refractivity contribution in [3.05, 3.63) is 52.0 Å². The molecular formula is C31H38N2O9. The van der Waals surface area contributed by atoms with Gasteiger partial charge in [0.05, 0.1) is 17.5 Å². The number of carbonyl (C=O) groups excluding carboxylic acids is 4. The van der Waals surface area contributed by atoms with Gasteiger partial charge in [0.15, 0.2) is 11.4 Å². The predicted octanol–water partition coefficient (Wildman–Crippen LogP) is 2.56. The Bertz CT molecular complexity index is 1410. The van der Waals surface area contributed by atoms with Gasteiger partial charge in [-0.05, 0) is 50.4 Å². The van der Waals surface area contributed by atoms with Crippen molar-refractivity contribution in [2.24, 2.45) is 23.5 Å². The van der Waals surface area contributed by atoms with E-state index in [4.69, 9.17) is 10.5 Å². The first-order valence-electron chi connectivity index (χ1n) is 14.5. The van der Waals surface area contributed by atoms with Gasteiger partial charge in [0.1, 0.15) is 28.9 Å². The van der Waals surface area contributed by atoms with Gasteiger partial charge in [-0.25, -0.2) is 0 Å². The van der Waals surface area contributed by atoms with Gasteiger partial charge < -0.3 is 30.9 Å². The van der Waals surface area contributed by atoms with Crippen LogP contribution in [0, 0.1) is 17.8 Å². The van der Waals surface area contributed by atoms with E-state index in [9.17, 15) is 39.6 Å². The number of rotatable bonds is 7. The van der Waals surface area contributed by atoms with E-state index in [-0.39, 0.29) is 23.3 Å². The Kier molecular flexibility index (Phi) is 7.69. The van der Waals surface area contributed by atoms with Crippen molar-refractivity contribution in [3.63, 3.8) is 0 Å². The number of hydrogen-bond acceptors (Lipinski definition) is 10. The molecule has 6 N–H and O–H groups in total. The van der Waals surface area contributed by atoms with Crippen LogP contribution in [0.15, 0.2) is 40.9 Å². The third kappa shape index (κ3) is 4.32. The van der Waals surface area contributed by atoms with E-state index in [1.165, 1.54) is 25.1 Å². The number of phenols is 1.